The number of hydrogen-bond donors (Lipinski definition) is 1. The maximum Gasteiger partial charge on any atom is 0.230 e. The first-order chi connectivity index (χ1) is 12.7. The summed E-state index contributed by atoms with van der Waals surface area (Å²) in [6.07, 6.45) is 0. The number of carbonyl (C=O) groups is 1. The standard InChI is InChI=1S/C17H13FN6OS/c18-12-5-3-4-11(8-12)9-19-15(25)10-26-17-20-14-7-2-1-6-13(14)16-21-22-23-24(16)17/h1-8H,9-10H2,(H,19,25). The maximum absolute atomic E-state index is 13.2. The molecule has 0 spiro atoms. The normalized spacial score (nSPS) is 11.1. The fourth-order valence-electron chi connectivity index (χ4n) is 2.52. The van der Waals surface area contributed by atoms with E-state index in [1.54, 1.807) is 12.1 Å². The molecular formula is C17H13FN6OS. The molecule has 9 heteroatoms. The molecule has 0 fully saturated rings. The molecule has 4 aromatic rings. The van der Waals surface area contributed by atoms with Crippen molar-refractivity contribution >= 4 is 34.2 Å². The number of aromatic nitrogens is 5. The number of tetrazole rings is 1. The van der Waals surface area contributed by atoms with Crippen LogP contribution in [0.2, 0.25) is 0 Å². The number of carbonyl (C=O) groups excluding carboxylic acids is 1. The maximum atomic E-state index is 13.2. The van der Waals surface area contributed by atoms with Gasteiger partial charge in [-0.25, -0.2) is 9.37 Å². The van der Waals surface area contributed by atoms with Crippen LogP contribution in [0.15, 0.2) is 53.7 Å². The molecule has 0 aliphatic rings. The molecular weight excluding hydrogens is 355 g/mol. The van der Waals surface area contributed by atoms with Crippen LogP contribution in [-0.2, 0) is 11.3 Å². The van der Waals surface area contributed by atoms with Crippen LogP contribution in [0.3, 0.4) is 0 Å². The van der Waals surface area contributed by atoms with E-state index >= 15 is 0 Å². The van der Waals surface area contributed by atoms with Crippen LogP contribution in [0.5, 0.6) is 0 Å². The van der Waals surface area contributed by atoms with Gasteiger partial charge < -0.3 is 5.32 Å². The van der Waals surface area contributed by atoms with Crippen LogP contribution in [0.4, 0.5) is 4.39 Å². The summed E-state index contributed by atoms with van der Waals surface area (Å²) in [4.78, 5) is 16.6. The summed E-state index contributed by atoms with van der Waals surface area (Å²) in [6, 6.07) is 13.7. The van der Waals surface area contributed by atoms with Crippen LogP contribution in [0, 0.1) is 5.82 Å². The minimum Gasteiger partial charge on any atom is -0.351 e. The van der Waals surface area contributed by atoms with E-state index in [0.29, 0.717) is 16.4 Å². The zero-order valence-corrected chi connectivity index (χ0v) is 14.3. The average Bonchev–Trinajstić information content (AvgIpc) is 3.15. The lowest BCUT2D eigenvalue weighted by Crippen LogP contribution is -2.24. The molecule has 2 heterocycles. The van der Waals surface area contributed by atoms with Crippen LogP contribution in [0.1, 0.15) is 5.56 Å². The number of fused-ring (bicyclic) bond motifs is 3. The average molecular weight is 368 g/mol. The van der Waals surface area contributed by atoms with Gasteiger partial charge in [0, 0.05) is 11.9 Å². The predicted molar refractivity (Wildman–Crippen MR) is 95.1 cm³/mol. The monoisotopic (exact) mass is 368 g/mol. The Kier molecular flexibility index (Phi) is 4.44. The molecule has 0 saturated carbocycles. The molecule has 26 heavy (non-hydrogen) atoms. The second-order valence-electron chi connectivity index (χ2n) is 5.52. The summed E-state index contributed by atoms with van der Waals surface area (Å²) < 4.78 is 14.7. The molecule has 2 aromatic carbocycles. The third-order valence-electron chi connectivity index (χ3n) is 3.72. The first kappa shape index (κ1) is 16.4. The Morgan fingerprint density at radius 2 is 2.08 bits per heavy atom. The Hall–Kier alpha value is -3.07. The third-order valence-corrected chi connectivity index (χ3v) is 4.65. The molecule has 1 amide bonds. The highest BCUT2D eigenvalue weighted by atomic mass is 32.2. The topological polar surface area (TPSA) is 85.1 Å². The lowest BCUT2D eigenvalue weighted by atomic mass is 10.2. The molecule has 7 nitrogen and oxygen atoms in total. The Morgan fingerprint density at radius 1 is 1.19 bits per heavy atom. The van der Waals surface area contributed by atoms with Crippen LogP contribution < -0.4 is 5.32 Å². The molecule has 1 N–H and O–H groups in total. The van der Waals surface area contributed by atoms with Crippen LogP contribution in [-0.4, -0.2) is 36.7 Å². The van der Waals surface area contributed by atoms with Crippen LogP contribution >= 0.6 is 11.8 Å². The van der Waals surface area contributed by atoms with Gasteiger partial charge in [0.05, 0.1) is 11.3 Å². The van der Waals surface area contributed by atoms with E-state index < -0.39 is 0 Å². The van der Waals surface area contributed by atoms with E-state index in [0.717, 1.165) is 10.9 Å². The van der Waals surface area contributed by atoms with Crippen molar-refractivity contribution in [3.63, 3.8) is 0 Å². The van der Waals surface area contributed by atoms with Gasteiger partial charge in [0.1, 0.15) is 5.82 Å². The van der Waals surface area contributed by atoms with Crippen molar-refractivity contribution in [2.24, 2.45) is 0 Å². The van der Waals surface area contributed by atoms with Crippen molar-refractivity contribution in [3.05, 3.63) is 59.9 Å². The number of benzene rings is 2. The quantitative estimate of drug-likeness (QED) is 0.429. The number of nitrogens with zero attached hydrogens (tertiary/aromatic N) is 5. The van der Waals surface area contributed by atoms with Crippen molar-refractivity contribution < 1.29 is 9.18 Å². The summed E-state index contributed by atoms with van der Waals surface area (Å²) in [5.74, 6) is -0.363. The number of para-hydroxylation sites is 1. The summed E-state index contributed by atoms with van der Waals surface area (Å²) in [5, 5.41) is 15.8. The lowest BCUT2D eigenvalue weighted by molar-refractivity contribution is -0.118. The molecule has 0 aliphatic heterocycles. The number of amides is 1. The first-order valence-electron chi connectivity index (χ1n) is 7.81. The van der Waals surface area contributed by atoms with E-state index in [4.69, 9.17) is 0 Å². The Labute approximate surface area is 151 Å². The predicted octanol–water partition coefficient (Wildman–Crippen LogP) is 2.22. The highest BCUT2D eigenvalue weighted by molar-refractivity contribution is 7.99. The van der Waals surface area contributed by atoms with Gasteiger partial charge in [-0.15, -0.1) is 5.10 Å². The molecule has 0 atom stereocenters. The number of nitrogens with one attached hydrogen (secondary N) is 1. The van der Waals surface area contributed by atoms with Crippen molar-refractivity contribution in [3.8, 4) is 0 Å². The molecule has 4 rings (SSSR count). The van der Waals surface area contributed by atoms with Gasteiger partial charge in [-0.3, -0.25) is 4.79 Å². The fraction of sp³-hybridized carbons (Fsp3) is 0.118. The van der Waals surface area contributed by atoms with Gasteiger partial charge in [0.15, 0.2) is 10.8 Å². The summed E-state index contributed by atoms with van der Waals surface area (Å²) in [6.45, 7) is 0.266. The summed E-state index contributed by atoms with van der Waals surface area (Å²) in [7, 11) is 0. The summed E-state index contributed by atoms with van der Waals surface area (Å²) >= 11 is 1.24. The molecule has 130 valence electrons. The second-order valence-corrected chi connectivity index (χ2v) is 6.46. The van der Waals surface area contributed by atoms with E-state index in [9.17, 15) is 9.18 Å². The van der Waals surface area contributed by atoms with Gasteiger partial charge in [0.2, 0.25) is 5.91 Å². The number of halogens is 1. The largest absolute Gasteiger partial charge is 0.351 e. The highest BCUT2D eigenvalue weighted by Crippen LogP contribution is 2.22. The van der Waals surface area contributed by atoms with E-state index in [1.807, 2.05) is 24.3 Å². The SMILES string of the molecule is O=C(CSc1nc2ccccc2c2nnnn12)NCc1cccc(F)c1. The zero-order chi connectivity index (χ0) is 17.9. The van der Waals surface area contributed by atoms with Crippen molar-refractivity contribution in [2.45, 2.75) is 11.7 Å². The van der Waals surface area contributed by atoms with Crippen molar-refractivity contribution in [1.82, 2.24) is 30.3 Å². The third kappa shape index (κ3) is 3.33. The van der Waals surface area contributed by atoms with Gasteiger partial charge in [-0.05, 0) is 40.3 Å². The Balaban J connectivity index is 1.47. The highest BCUT2D eigenvalue weighted by Gasteiger charge is 2.13. The van der Waals surface area contributed by atoms with Crippen LogP contribution in [0.25, 0.3) is 16.6 Å². The van der Waals surface area contributed by atoms with E-state index in [2.05, 4.69) is 25.8 Å². The minimum atomic E-state index is -0.326. The van der Waals surface area contributed by atoms with Crippen molar-refractivity contribution in [1.29, 1.82) is 0 Å². The number of thioether (sulfide) groups is 1. The van der Waals surface area contributed by atoms with E-state index in [-0.39, 0.29) is 24.0 Å². The molecule has 2 aromatic heterocycles. The van der Waals surface area contributed by atoms with Gasteiger partial charge in [0.25, 0.3) is 0 Å². The molecule has 0 aliphatic carbocycles. The van der Waals surface area contributed by atoms with Crippen molar-refractivity contribution in [2.75, 3.05) is 5.75 Å². The van der Waals surface area contributed by atoms with Gasteiger partial charge in [-0.2, -0.15) is 4.52 Å². The lowest BCUT2D eigenvalue weighted by Gasteiger charge is -2.07. The smallest absolute Gasteiger partial charge is 0.230 e. The molecule has 0 bridgehead atoms. The molecule has 0 saturated heterocycles. The number of rotatable bonds is 5. The van der Waals surface area contributed by atoms with Gasteiger partial charge >= 0.3 is 0 Å². The first-order valence-corrected chi connectivity index (χ1v) is 8.80. The van der Waals surface area contributed by atoms with Gasteiger partial charge in [-0.1, -0.05) is 36.0 Å². The Morgan fingerprint density at radius 3 is 2.96 bits per heavy atom. The van der Waals surface area contributed by atoms with E-state index in [1.165, 1.54) is 28.4 Å². The fourth-order valence-corrected chi connectivity index (χ4v) is 3.29. The minimum absolute atomic E-state index is 0.148. The molecule has 0 radical (unpaired) electrons. The zero-order valence-electron chi connectivity index (χ0n) is 13.5. The molecule has 0 unspecified atom stereocenters. The number of hydrogen-bond acceptors (Lipinski definition) is 6. The summed E-state index contributed by atoms with van der Waals surface area (Å²) in [5.41, 5.74) is 2.06. The second kappa shape index (κ2) is 7.04. The Bertz CT molecular complexity index is 1100.